The van der Waals surface area contributed by atoms with Crippen molar-refractivity contribution in [2.75, 3.05) is 5.73 Å². The third-order valence-electron chi connectivity index (χ3n) is 2.00. The van der Waals surface area contributed by atoms with E-state index in [2.05, 4.69) is 15.3 Å². The first kappa shape index (κ1) is 9.63. The fourth-order valence-electron chi connectivity index (χ4n) is 1.37. The number of nitrogens with two attached hydrogens (primary N) is 1. The van der Waals surface area contributed by atoms with Crippen LogP contribution in [-0.4, -0.2) is 20.0 Å². The van der Waals surface area contributed by atoms with Crippen molar-refractivity contribution in [2.45, 2.75) is 6.43 Å². The van der Waals surface area contributed by atoms with Crippen LogP contribution >= 0.6 is 0 Å². The molecule has 80 valence electrons. The molecule has 0 saturated carbocycles. The van der Waals surface area contributed by atoms with Crippen LogP contribution in [0.3, 0.4) is 0 Å². The minimum atomic E-state index is -2.64. The lowest BCUT2D eigenvalue weighted by Gasteiger charge is -1.98. The van der Waals surface area contributed by atoms with E-state index >= 15 is 0 Å². The molecule has 5 nitrogen and oxygen atoms in total. The summed E-state index contributed by atoms with van der Waals surface area (Å²) in [6.45, 7) is 0. The average Bonchev–Trinajstić information content (AvgIpc) is 2.71. The van der Waals surface area contributed by atoms with E-state index in [-0.39, 0.29) is 11.3 Å². The summed E-state index contributed by atoms with van der Waals surface area (Å²) in [5.74, 6) is 0. The maximum atomic E-state index is 12.6. The topological polar surface area (TPSA) is 72.5 Å². The van der Waals surface area contributed by atoms with Crippen LogP contribution in [0.2, 0.25) is 0 Å². The normalized spacial score (nSPS) is 11.2. The summed E-state index contributed by atoms with van der Waals surface area (Å²) in [6, 6.07) is 0. The summed E-state index contributed by atoms with van der Waals surface area (Å²) in [7, 11) is 1.57. The van der Waals surface area contributed by atoms with Crippen molar-refractivity contribution in [1.82, 2.24) is 20.0 Å². The molecule has 2 aromatic rings. The molecule has 0 aliphatic rings. The van der Waals surface area contributed by atoms with Gasteiger partial charge in [-0.25, -0.2) is 8.78 Å². The van der Waals surface area contributed by atoms with E-state index in [1.807, 2.05) is 0 Å². The Morgan fingerprint density at radius 2 is 2.27 bits per heavy atom. The number of aromatic amines is 1. The molecule has 0 amide bonds. The van der Waals surface area contributed by atoms with Gasteiger partial charge in [0.05, 0.1) is 17.6 Å². The van der Waals surface area contributed by atoms with Gasteiger partial charge in [-0.3, -0.25) is 9.78 Å². The Bertz CT molecular complexity index is 473. The summed E-state index contributed by atoms with van der Waals surface area (Å²) >= 11 is 0. The van der Waals surface area contributed by atoms with Gasteiger partial charge in [-0.1, -0.05) is 0 Å². The largest absolute Gasteiger partial charge is 0.396 e. The Balaban J connectivity index is 2.57. The van der Waals surface area contributed by atoms with E-state index in [0.717, 1.165) is 0 Å². The smallest absolute Gasteiger partial charge is 0.282 e. The van der Waals surface area contributed by atoms with Crippen LogP contribution in [0.25, 0.3) is 11.3 Å². The maximum Gasteiger partial charge on any atom is 0.282 e. The second-order valence-corrected chi connectivity index (χ2v) is 3.10. The molecule has 0 saturated heterocycles. The van der Waals surface area contributed by atoms with Crippen molar-refractivity contribution in [3.05, 3.63) is 18.1 Å². The lowest BCUT2D eigenvalue weighted by Crippen LogP contribution is -1.93. The molecule has 2 heterocycles. The number of nitrogens with zero attached hydrogens (tertiary/aromatic N) is 3. The highest BCUT2D eigenvalue weighted by atomic mass is 19.3. The van der Waals surface area contributed by atoms with Gasteiger partial charge in [0.25, 0.3) is 6.43 Å². The number of aromatic nitrogens is 4. The van der Waals surface area contributed by atoms with Gasteiger partial charge in [-0.05, 0) is 0 Å². The number of hydrogen-bond acceptors (Lipinski definition) is 3. The molecule has 7 heteroatoms. The van der Waals surface area contributed by atoms with Crippen molar-refractivity contribution < 1.29 is 8.78 Å². The highest BCUT2D eigenvalue weighted by Crippen LogP contribution is 2.31. The monoisotopic (exact) mass is 213 g/mol. The van der Waals surface area contributed by atoms with Gasteiger partial charge in [0.2, 0.25) is 0 Å². The molecule has 0 spiro atoms. The second-order valence-electron chi connectivity index (χ2n) is 3.10. The Hall–Kier alpha value is -1.92. The Morgan fingerprint density at radius 3 is 2.80 bits per heavy atom. The molecular weight excluding hydrogens is 204 g/mol. The average molecular weight is 213 g/mol. The minimum absolute atomic E-state index is 0.280. The minimum Gasteiger partial charge on any atom is -0.396 e. The Labute approximate surface area is 83.9 Å². The molecule has 0 atom stereocenters. The summed E-state index contributed by atoms with van der Waals surface area (Å²) in [4.78, 5) is 0. The number of alkyl halides is 2. The van der Waals surface area contributed by atoms with Crippen molar-refractivity contribution in [1.29, 1.82) is 0 Å². The van der Waals surface area contributed by atoms with Crippen molar-refractivity contribution in [3.63, 3.8) is 0 Å². The zero-order valence-corrected chi connectivity index (χ0v) is 7.91. The van der Waals surface area contributed by atoms with Gasteiger partial charge in [-0.15, -0.1) is 0 Å². The molecule has 0 unspecified atom stereocenters. The molecule has 0 aromatic carbocycles. The molecule has 0 bridgehead atoms. The van der Waals surface area contributed by atoms with Crippen LogP contribution in [0.4, 0.5) is 14.5 Å². The van der Waals surface area contributed by atoms with E-state index in [9.17, 15) is 8.78 Å². The van der Waals surface area contributed by atoms with E-state index in [0.29, 0.717) is 11.4 Å². The van der Waals surface area contributed by atoms with Crippen LogP contribution in [-0.2, 0) is 7.05 Å². The van der Waals surface area contributed by atoms with Crippen LogP contribution < -0.4 is 5.73 Å². The van der Waals surface area contributed by atoms with Gasteiger partial charge in [0.15, 0.2) is 0 Å². The third kappa shape index (κ3) is 1.56. The summed E-state index contributed by atoms with van der Waals surface area (Å²) in [5, 5.41) is 9.92. The zero-order valence-electron chi connectivity index (χ0n) is 7.91. The van der Waals surface area contributed by atoms with Crippen molar-refractivity contribution in [3.8, 4) is 11.3 Å². The molecule has 0 aliphatic heterocycles. The molecular formula is C8H9F2N5. The number of anilines is 1. The number of rotatable bonds is 2. The SMILES string of the molecule is Cn1cc(-c2[nH]ncc2N)c(C(F)F)n1. The van der Waals surface area contributed by atoms with Gasteiger partial charge in [0, 0.05) is 18.8 Å². The van der Waals surface area contributed by atoms with Crippen LogP contribution in [0.1, 0.15) is 12.1 Å². The number of nitrogen functional groups attached to an aromatic ring is 1. The lowest BCUT2D eigenvalue weighted by atomic mass is 10.1. The van der Waals surface area contributed by atoms with Gasteiger partial charge >= 0.3 is 0 Å². The number of aryl methyl sites for hydroxylation is 1. The fourth-order valence-corrected chi connectivity index (χ4v) is 1.37. The molecule has 2 aromatic heterocycles. The highest BCUT2D eigenvalue weighted by Gasteiger charge is 2.20. The van der Waals surface area contributed by atoms with E-state index in [4.69, 9.17) is 5.73 Å². The van der Waals surface area contributed by atoms with Crippen molar-refractivity contribution >= 4 is 5.69 Å². The third-order valence-corrected chi connectivity index (χ3v) is 2.00. The van der Waals surface area contributed by atoms with Gasteiger partial charge < -0.3 is 5.73 Å². The highest BCUT2D eigenvalue weighted by molar-refractivity contribution is 5.73. The van der Waals surface area contributed by atoms with Gasteiger partial charge in [-0.2, -0.15) is 10.2 Å². The lowest BCUT2D eigenvalue weighted by molar-refractivity contribution is 0.146. The van der Waals surface area contributed by atoms with E-state index in [1.165, 1.54) is 17.1 Å². The quantitative estimate of drug-likeness (QED) is 0.790. The molecule has 0 radical (unpaired) electrons. The number of hydrogen-bond donors (Lipinski definition) is 2. The maximum absolute atomic E-state index is 12.6. The number of H-pyrrole nitrogens is 1. The van der Waals surface area contributed by atoms with Gasteiger partial charge in [0.1, 0.15) is 5.69 Å². The first-order valence-corrected chi connectivity index (χ1v) is 4.20. The summed E-state index contributed by atoms with van der Waals surface area (Å²) < 4.78 is 26.5. The standard InChI is InChI=1S/C8H9F2N5/c1-15-3-4(7(14-15)8(9)10)6-5(11)2-12-13-6/h2-3,8H,11H2,1H3,(H,12,13). The number of halogens is 2. The molecule has 15 heavy (non-hydrogen) atoms. The fraction of sp³-hybridized carbons (Fsp3) is 0.250. The van der Waals surface area contributed by atoms with Crippen LogP contribution in [0, 0.1) is 0 Å². The van der Waals surface area contributed by atoms with Crippen LogP contribution in [0.5, 0.6) is 0 Å². The molecule has 0 fully saturated rings. The summed E-state index contributed by atoms with van der Waals surface area (Å²) in [6.07, 6.45) is 0.215. The second kappa shape index (κ2) is 3.34. The van der Waals surface area contributed by atoms with E-state index < -0.39 is 6.43 Å². The molecule has 3 N–H and O–H groups in total. The summed E-state index contributed by atoms with van der Waals surface area (Å²) in [5.41, 5.74) is 6.26. The Kier molecular flexibility index (Phi) is 2.14. The predicted octanol–water partition coefficient (Wildman–Crippen LogP) is 1.33. The van der Waals surface area contributed by atoms with Crippen molar-refractivity contribution in [2.24, 2.45) is 7.05 Å². The van der Waals surface area contributed by atoms with Crippen LogP contribution in [0.15, 0.2) is 12.4 Å². The Morgan fingerprint density at radius 1 is 1.53 bits per heavy atom. The first-order valence-electron chi connectivity index (χ1n) is 4.20. The van der Waals surface area contributed by atoms with E-state index in [1.54, 1.807) is 7.05 Å². The molecule has 2 rings (SSSR count). The first-order chi connectivity index (χ1) is 7.09. The predicted molar refractivity (Wildman–Crippen MR) is 50.2 cm³/mol. The molecule has 0 aliphatic carbocycles. The number of nitrogens with one attached hydrogen (secondary N) is 1. The zero-order chi connectivity index (χ0) is 11.0.